The van der Waals surface area contributed by atoms with Gasteiger partial charge in [-0.1, -0.05) is 69.6 Å². The number of hydrogen-bond acceptors (Lipinski definition) is 14. The summed E-state index contributed by atoms with van der Waals surface area (Å²) < 4.78 is 64.1. The Labute approximate surface area is 379 Å². The molecule has 1 spiro atoms. The van der Waals surface area contributed by atoms with E-state index < -0.39 is 90.8 Å². The average Bonchev–Trinajstić information content (AvgIpc) is 3.62. The van der Waals surface area contributed by atoms with Crippen molar-refractivity contribution in [3.63, 3.8) is 0 Å². The Balaban J connectivity index is 1.08. The molecular weight excluding hydrogens is 825 g/mol. The highest BCUT2D eigenvalue weighted by molar-refractivity contribution is 5.78. The minimum Gasteiger partial charge on any atom is -0.462 e. The zero-order chi connectivity index (χ0) is 45.5. The van der Waals surface area contributed by atoms with Crippen LogP contribution < -0.4 is 0 Å². The van der Waals surface area contributed by atoms with Gasteiger partial charge in [-0.15, -0.1) is 0 Å². The van der Waals surface area contributed by atoms with Gasteiger partial charge in [0.25, 0.3) is 0 Å². The quantitative estimate of drug-likeness (QED) is 0.204. The van der Waals surface area contributed by atoms with Gasteiger partial charge in [0, 0.05) is 51.7 Å². The van der Waals surface area contributed by atoms with Gasteiger partial charge in [0.1, 0.15) is 42.0 Å². The van der Waals surface area contributed by atoms with E-state index in [1.807, 2.05) is 25.2 Å². The smallest absolute Gasteiger partial charge is 0.316 e. The number of aliphatic hydroxyl groups excluding tert-OH is 2. The standard InChI is InChI=1S/C50H74O14/c1-27-13-12-16-34-26-57-47-42(51)30(4)21-37(50(34,47)54)48(53)60-36-22-35(63-49(25-36)20-19-29(3)45(64-49)33-14-10-9-11-15-33)18-17-28(2)44(27)61-41-24-39(56-8)46(32(6)59-41)62-40-23-38(55-7)43(52)31(5)58-40/h12-13,16-17,19-21,27,29,31-33,35-47,51-52,54H,9-11,14-15,18,22-26H2,1-8H3/t27-,29-,31-,32-,35+,36-,37-,38-,39?,40-,41-,42+,43-,44?,45-,46-,47+,49+,50+/m0/s1. The molecule has 2 bridgehead atoms. The number of aliphatic hydroxyl groups is 3. The van der Waals surface area contributed by atoms with Crippen LogP contribution in [0.15, 0.2) is 59.3 Å². The summed E-state index contributed by atoms with van der Waals surface area (Å²) >= 11 is 0. The van der Waals surface area contributed by atoms with Gasteiger partial charge < -0.3 is 62.7 Å². The Morgan fingerprint density at radius 3 is 2.28 bits per heavy atom. The predicted octanol–water partition coefficient (Wildman–Crippen LogP) is 5.91. The van der Waals surface area contributed by atoms with Gasteiger partial charge in [-0.3, -0.25) is 4.79 Å². The Morgan fingerprint density at radius 2 is 1.53 bits per heavy atom. The summed E-state index contributed by atoms with van der Waals surface area (Å²) in [6, 6.07) is 0. The molecule has 4 saturated heterocycles. The van der Waals surface area contributed by atoms with E-state index in [4.69, 9.17) is 47.4 Å². The first-order valence-electron chi connectivity index (χ1n) is 24.0. The van der Waals surface area contributed by atoms with Crippen molar-refractivity contribution in [3.05, 3.63) is 59.3 Å². The van der Waals surface area contributed by atoms with E-state index in [-0.39, 0.29) is 36.8 Å². The van der Waals surface area contributed by atoms with Gasteiger partial charge in [-0.2, -0.15) is 0 Å². The fourth-order valence-corrected chi connectivity index (χ4v) is 11.7. The molecule has 64 heavy (non-hydrogen) atoms. The maximum atomic E-state index is 14.4. The van der Waals surface area contributed by atoms with Crippen LogP contribution in [0, 0.1) is 23.7 Å². The zero-order valence-electron chi connectivity index (χ0n) is 39.0. The molecule has 0 aromatic heterocycles. The lowest BCUT2D eigenvalue weighted by Crippen LogP contribution is -2.58. The molecule has 3 N–H and O–H groups in total. The van der Waals surface area contributed by atoms with Crippen LogP contribution in [0.25, 0.3) is 0 Å². The Hall–Kier alpha value is -2.31. The van der Waals surface area contributed by atoms with Gasteiger partial charge in [-0.05, 0) is 75.7 Å². The number of fused-ring (bicyclic) bond motifs is 2. The lowest BCUT2D eigenvalue weighted by Gasteiger charge is -2.49. The highest BCUT2D eigenvalue weighted by atomic mass is 16.7. The fraction of sp³-hybridized carbons (Fsp3) is 0.780. The zero-order valence-corrected chi connectivity index (χ0v) is 39.0. The van der Waals surface area contributed by atoms with Crippen molar-refractivity contribution in [3.8, 4) is 0 Å². The van der Waals surface area contributed by atoms with Crippen molar-refractivity contribution < 1.29 is 67.5 Å². The normalized spacial score (nSPS) is 47.1. The topological polar surface area (TPSA) is 170 Å². The fourth-order valence-electron chi connectivity index (χ4n) is 11.7. The molecule has 8 aliphatic rings. The number of ether oxygens (including phenoxy) is 10. The lowest BCUT2D eigenvalue weighted by atomic mass is 9.71. The first kappa shape index (κ1) is 48.2. The monoisotopic (exact) mass is 899 g/mol. The van der Waals surface area contributed by atoms with Crippen LogP contribution in [0.1, 0.15) is 106 Å². The number of carbonyl (C=O) groups excluding carboxylic acids is 1. The lowest BCUT2D eigenvalue weighted by molar-refractivity contribution is -0.318. The van der Waals surface area contributed by atoms with Gasteiger partial charge >= 0.3 is 5.97 Å². The minimum atomic E-state index is -1.83. The first-order chi connectivity index (χ1) is 30.6. The molecule has 2 unspecified atom stereocenters. The Bertz CT molecular complexity index is 1790. The average molecular weight is 899 g/mol. The largest absolute Gasteiger partial charge is 0.462 e. The number of carbonyl (C=O) groups is 1. The van der Waals surface area contributed by atoms with Crippen molar-refractivity contribution >= 4 is 5.97 Å². The highest BCUT2D eigenvalue weighted by Crippen LogP contribution is 2.48. The second-order valence-corrected chi connectivity index (χ2v) is 20.0. The highest BCUT2D eigenvalue weighted by Gasteiger charge is 2.60. The molecule has 6 heterocycles. The summed E-state index contributed by atoms with van der Waals surface area (Å²) in [6.07, 6.45) is 13.8. The maximum Gasteiger partial charge on any atom is 0.316 e. The third-order valence-electron chi connectivity index (χ3n) is 15.4. The third-order valence-corrected chi connectivity index (χ3v) is 15.4. The summed E-state index contributed by atoms with van der Waals surface area (Å²) in [5.41, 5.74) is 0.166. The van der Waals surface area contributed by atoms with Crippen LogP contribution in [0.2, 0.25) is 0 Å². The number of methoxy groups -OCH3 is 2. The molecule has 0 radical (unpaired) electrons. The molecule has 2 aliphatic carbocycles. The van der Waals surface area contributed by atoms with E-state index in [0.717, 1.165) is 18.4 Å². The molecule has 19 atom stereocenters. The molecule has 14 heteroatoms. The van der Waals surface area contributed by atoms with Crippen molar-refractivity contribution in [2.45, 2.75) is 203 Å². The number of esters is 1. The van der Waals surface area contributed by atoms with Crippen molar-refractivity contribution in [1.82, 2.24) is 0 Å². The van der Waals surface area contributed by atoms with Crippen LogP contribution >= 0.6 is 0 Å². The third kappa shape index (κ3) is 9.82. The molecule has 0 amide bonds. The van der Waals surface area contributed by atoms with E-state index in [2.05, 4.69) is 32.9 Å². The van der Waals surface area contributed by atoms with Crippen LogP contribution in [0.4, 0.5) is 0 Å². The van der Waals surface area contributed by atoms with Gasteiger partial charge in [0.2, 0.25) is 0 Å². The van der Waals surface area contributed by atoms with Crippen molar-refractivity contribution in [2.75, 3.05) is 20.8 Å². The second kappa shape index (κ2) is 20.1. The molecule has 8 rings (SSSR count). The molecule has 1 saturated carbocycles. The maximum absolute atomic E-state index is 14.4. The second-order valence-electron chi connectivity index (χ2n) is 20.0. The van der Waals surface area contributed by atoms with Crippen LogP contribution in [-0.2, 0) is 52.2 Å². The molecular formula is C50H74O14. The Kier molecular flexibility index (Phi) is 15.1. The molecule has 6 aliphatic heterocycles. The molecule has 0 aromatic carbocycles. The van der Waals surface area contributed by atoms with Gasteiger partial charge in [0.05, 0.1) is 49.3 Å². The van der Waals surface area contributed by atoms with Crippen LogP contribution in [-0.4, -0.2) is 139 Å². The molecule has 14 nitrogen and oxygen atoms in total. The molecule has 0 aromatic rings. The number of hydrogen-bond donors (Lipinski definition) is 3. The van der Waals surface area contributed by atoms with Gasteiger partial charge in [0.15, 0.2) is 18.4 Å². The number of allylic oxidation sites excluding steroid dienone is 2. The Morgan fingerprint density at radius 1 is 0.812 bits per heavy atom. The SMILES string of the molecule is COC1C[C@H](OC2C(C)=CC[C@@H]3C[C@@H](C[C@]4(C=C[C@H](C)[C@@H](C5CCCCC5)O4)O3)OC(=O)[C@@H]3C=C(C)[C@@H](O)[C@H]4OCC(=CC=C[C@@H]2C)[C@]43O)O[C@@H](C)[C@@H]1O[C@H]1C[C@H](OC)[C@@H](O)[C@H](C)O1. The van der Waals surface area contributed by atoms with Crippen LogP contribution in [0.3, 0.4) is 0 Å². The summed E-state index contributed by atoms with van der Waals surface area (Å²) in [5.74, 6) is -2.32. The van der Waals surface area contributed by atoms with Gasteiger partial charge in [-0.25, -0.2) is 0 Å². The van der Waals surface area contributed by atoms with Crippen molar-refractivity contribution in [2.24, 2.45) is 23.7 Å². The van der Waals surface area contributed by atoms with Crippen LogP contribution in [0.5, 0.6) is 0 Å². The minimum absolute atomic E-state index is 0.0242. The van der Waals surface area contributed by atoms with E-state index >= 15 is 0 Å². The number of rotatable bonds is 7. The van der Waals surface area contributed by atoms with E-state index in [9.17, 15) is 20.1 Å². The summed E-state index contributed by atoms with van der Waals surface area (Å²) in [5, 5.41) is 34.3. The molecule has 358 valence electrons. The van der Waals surface area contributed by atoms with Crippen molar-refractivity contribution in [1.29, 1.82) is 0 Å². The van der Waals surface area contributed by atoms with E-state index in [1.165, 1.54) is 19.3 Å². The molecule has 5 fully saturated rings. The van der Waals surface area contributed by atoms with E-state index in [0.29, 0.717) is 49.2 Å². The predicted molar refractivity (Wildman–Crippen MR) is 234 cm³/mol. The van der Waals surface area contributed by atoms with E-state index in [1.54, 1.807) is 40.2 Å². The summed E-state index contributed by atoms with van der Waals surface area (Å²) in [4.78, 5) is 14.4. The summed E-state index contributed by atoms with van der Waals surface area (Å²) in [6.45, 7) is 11.9. The first-order valence-corrected chi connectivity index (χ1v) is 24.0. The summed E-state index contributed by atoms with van der Waals surface area (Å²) in [7, 11) is 3.23.